The Bertz CT molecular complexity index is 875. The second kappa shape index (κ2) is 6.16. The van der Waals surface area contributed by atoms with Crippen LogP contribution in [0.1, 0.15) is 46.2 Å². The van der Waals surface area contributed by atoms with E-state index in [4.69, 9.17) is 4.74 Å². The van der Waals surface area contributed by atoms with Gasteiger partial charge in [0.1, 0.15) is 5.75 Å². The Labute approximate surface area is 151 Å². The van der Waals surface area contributed by atoms with E-state index >= 15 is 0 Å². The topological polar surface area (TPSA) is 76.5 Å². The third-order valence-corrected chi connectivity index (χ3v) is 5.02. The highest BCUT2D eigenvalue weighted by Crippen LogP contribution is 2.33. The van der Waals surface area contributed by atoms with Gasteiger partial charge in [-0.1, -0.05) is 12.1 Å². The van der Waals surface area contributed by atoms with Gasteiger partial charge in [0.2, 0.25) is 5.72 Å². The summed E-state index contributed by atoms with van der Waals surface area (Å²) >= 11 is 0. The van der Waals surface area contributed by atoms with Crippen molar-refractivity contribution in [2.75, 3.05) is 13.1 Å². The lowest BCUT2D eigenvalue weighted by molar-refractivity contribution is -0.0314. The molecular formula is C19H22N4O3. The molecule has 2 aromatic rings. The SMILES string of the molecule is CCn1cc(C(=O)N2CCC[C@@]3(C2)NC(=O)c2ccccc2O3)c(C)n1. The third-order valence-electron chi connectivity index (χ3n) is 5.02. The minimum absolute atomic E-state index is 0.0713. The Morgan fingerprint density at radius 3 is 2.96 bits per heavy atom. The predicted octanol–water partition coefficient (Wildman–Crippen LogP) is 1.97. The molecule has 1 fully saturated rings. The van der Waals surface area contributed by atoms with Crippen LogP contribution in [0.25, 0.3) is 0 Å². The molecule has 1 atom stereocenters. The number of aryl methyl sites for hydroxylation is 2. The minimum atomic E-state index is -0.867. The lowest BCUT2D eigenvalue weighted by Crippen LogP contribution is -2.64. The number of likely N-dealkylation sites (tertiary alicyclic amines) is 1. The molecule has 2 amide bonds. The van der Waals surface area contributed by atoms with Crippen LogP contribution in [0.5, 0.6) is 5.75 Å². The number of carbonyl (C=O) groups excluding carboxylic acids is 2. The van der Waals surface area contributed by atoms with E-state index in [1.807, 2.05) is 26.0 Å². The lowest BCUT2D eigenvalue weighted by atomic mass is 9.97. The van der Waals surface area contributed by atoms with E-state index in [9.17, 15) is 9.59 Å². The van der Waals surface area contributed by atoms with Crippen molar-refractivity contribution in [2.45, 2.75) is 39.0 Å². The van der Waals surface area contributed by atoms with Crippen LogP contribution in [0, 0.1) is 6.92 Å². The Morgan fingerprint density at radius 1 is 1.38 bits per heavy atom. The molecule has 0 unspecified atom stereocenters. The summed E-state index contributed by atoms with van der Waals surface area (Å²) in [6.45, 7) is 5.50. The second-order valence-corrected chi connectivity index (χ2v) is 6.86. The molecule has 4 rings (SSSR count). The molecule has 1 saturated heterocycles. The zero-order valence-corrected chi connectivity index (χ0v) is 15.0. The maximum Gasteiger partial charge on any atom is 0.258 e. The quantitative estimate of drug-likeness (QED) is 0.894. The highest BCUT2D eigenvalue weighted by Gasteiger charge is 2.44. The van der Waals surface area contributed by atoms with Gasteiger partial charge in [-0.25, -0.2) is 0 Å². The van der Waals surface area contributed by atoms with Crippen molar-refractivity contribution in [3.8, 4) is 5.75 Å². The van der Waals surface area contributed by atoms with Crippen molar-refractivity contribution in [3.05, 3.63) is 47.3 Å². The summed E-state index contributed by atoms with van der Waals surface area (Å²) in [4.78, 5) is 27.3. The van der Waals surface area contributed by atoms with Crippen LogP contribution < -0.4 is 10.1 Å². The number of benzene rings is 1. The number of ether oxygens (including phenoxy) is 1. The van der Waals surface area contributed by atoms with E-state index < -0.39 is 5.72 Å². The molecule has 0 saturated carbocycles. The number of piperidine rings is 1. The van der Waals surface area contributed by atoms with E-state index in [1.54, 1.807) is 27.9 Å². The molecule has 0 aliphatic carbocycles. The number of para-hydroxylation sites is 1. The molecule has 0 bridgehead atoms. The standard InChI is InChI=1S/C19H22N4O3/c1-3-23-11-15(13(2)21-23)18(25)22-10-6-9-19(12-22)20-17(24)14-7-4-5-8-16(14)26-19/h4-5,7-8,11H,3,6,9-10,12H2,1-2H3,(H,20,24)/t19-/m1/s1. The molecule has 2 aliphatic rings. The fourth-order valence-electron chi connectivity index (χ4n) is 3.69. The van der Waals surface area contributed by atoms with Crippen LogP contribution in [0.3, 0.4) is 0 Å². The van der Waals surface area contributed by atoms with Crippen molar-refractivity contribution >= 4 is 11.8 Å². The maximum atomic E-state index is 13.0. The van der Waals surface area contributed by atoms with Crippen molar-refractivity contribution in [3.63, 3.8) is 0 Å². The molecule has 1 N–H and O–H groups in total. The number of rotatable bonds is 2. The number of nitrogens with one attached hydrogen (secondary N) is 1. The first-order valence-electron chi connectivity index (χ1n) is 8.95. The van der Waals surface area contributed by atoms with Crippen LogP contribution in [-0.2, 0) is 6.54 Å². The summed E-state index contributed by atoms with van der Waals surface area (Å²) in [5, 5.41) is 7.34. The number of hydrogen-bond donors (Lipinski definition) is 1. The summed E-state index contributed by atoms with van der Waals surface area (Å²) in [6.07, 6.45) is 3.22. The average Bonchev–Trinajstić information content (AvgIpc) is 3.02. The highest BCUT2D eigenvalue weighted by atomic mass is 16.5. The van der Waals surface area contributed by atoms with Crippen LogP contribution in [0.2, 0.25) is 0 Å². The zero-order valence-electron chi connectivity index (χ0n) is 15.0. The molecular weight excluding hydrogens is 332 g/mol. The number of amides is 2. The van der Waals surface area contributed by atoms with Crippen LogP contribution in [0.4, 0.5) is 0 Å². The van der Waals surface area contributed by atoms with Gasteiger partial charge in [0.25, 0.3) is 11.8 Å². The van der Waals surface area contributed by atoms with Gasteiger partial charge in [-0.3, -0.25) is 14.3 Å². The van der Waals surface area contributed by atoms with Gasteiger partial charge in [0.15, 0.2) is 0 Å². The number of carbonyl (C=O) groups is 2. The monoisotopic (exact) mass is 354 g/mol. The first kappa shape index (κ1) is 16.6. The first-order valence-corrected chi connectivity index (χ1v) is 8.95. The zero-order chi connectivity index (χ0) is 18.3. The molecule has 7 heteroatoms. The summed E-state index contributed by atoms with van der Waals surface area (Å²) < 4.78 is 7.92. The number of nitrogens with zero attached hydrogens (tertiary/aromatic N) is 3. The minimum Gasteiger partial charge on any atom is -0.465 e. The number of hydrogen-bond acceptors (Lipinski definition) is 4. The molecule has 1 aromatic carbocycles. The fourth-order valence-corrected chi connectivity index (χ4v) is 3.69. The molecule has 2 aliphatic heterocycles. The van der Waals surface area contributed by atoms with Crippen LogP contribution in [0.15, 0.2) is 30.5 Å². The number of aromatic nitrogens is 2. The smallest absolute Gasteiger partial charge is 0.258 e. The van der Waals surface area contributed by atoms with Gasteiger partial charge in [-0.15, -0.1) is 0 Å². The van der Waals surface area contributed by atoms with Gasteiger partial charge in [-0.05, 0) is 32.4 Å². The van der Waals surface area contributed by atoms with E-state index in [-0.39, 0.29) is 11.8 Å². The molecule has 0 radical (unpaired) electrons. The molecule has 7 nitrogen and oxygen atoms in total. The summed E-state index contributed by atoms with van der Waals surface area (Å²) in [7, 11) is 0. The van der Waals surface area contributed by atoms with Gasteiger partial charge in [-0.2, -0.15) is 5.10 Å². The lowest BCUT2D eigenvalue weighted by Gasteiger charge is -2.45. The van der Waals surface area contributed by atoms with Gasteiger partial charge >= 0.3 is 0 Å². The second-order valence-electron chi connectivity index (χ2n) is 6.86. The fraction of sp³-hybridized carbons (Fsp3) is 0.421. The molecule has 1 spiro atoms. The third kappa shape index (κ3) is 2.73. The Hall–Kier alpha value is -2.83. The summed E-state index contributed by atoms with van der Waals surface area (Å²) in [5.41, 5.74) is 0.983. The Kier molecular flexibility index (Phi) is 3.94. The molecule has 136 valence electrons. The van der Waals surface area contributed by atoms with E-state index in [2.05, 4.69) is 10.4 Å². The van der Waals surface area contributed by atoms with Crippen molar-refractivity contribution in [2.24, 2.45) is 0 Å². The maximum absolute atomic E-state index is 13.0. The highest BCUT2D eigenvalue weighted by molar-refractivity contribution is 5.98. The summed E-state index contributed by atoms with van der Waals surface area (Å²) in [5.74, 6) is 0.342. The first-order chi connectivity index (χ1) is 12.5. The Balaban J connectivity index is 1.59. The predicted molar refractivity (Wildman–Crippen MR) is 95.0 cm³/mol. The number of fused-ring (bicyclic) bond motifs is 1. The molecule has 26 heavy (non-hydrogen) atoms. The van der Waals surface area contributed by atoms with E-state index in [0.29, 0.717) is 42.9 Å². The normalized spacial score (nSPS) is 21.9. The van der Waals surface area contributed by atoms with E-state index in [0.717, 1.165) is 12.1 Å². The molecule has 3 heterocycles. The van der Waals surface area contributed by atoms with Gasteiger partial charge < -0.3 is 15.0 Å². The van der Waals surface area contributed by atoms with Gasteiger partial charge in [0, 0.05) is 25.7 Å². The Morgan fingerprint density at radius 2 is 2.19 bits per heavy atom. The average molecular weight is 354 g/mol. The van der Waals surface area contributed by atoms with E-state index in [1.165, 1.54) is 0 Å². The summed E-state index contributed by atoms with van der Waals surface area (Å²) in [6, 6.07) is 7.20. The van der Waals surface area contributed by atoms with Crippen LogP contribution >= 0.6 is 0 Å². The van der Waals surface area contributed by atoms with Crippen LogP contribution in [-0.4, -0.2) is 45.3 Å². The molecule has 1 aromatic heterocycles. The van der Waals surface area contributed by atoms with Crippen molar-refractivity contribution in [1.29, 1.82) is 0 Å². The van der Waals surface area contributed by atoms with Crippen molar-refractivity contribution in [1.82, 2.24) is 20.0 Å². The van der Waals surface area contributed by atoms with Gasteiger partial charge in [0.05, 0.1) is 23.4 Å². The van der Waals surface area contributed by atoms with Crippen molar-refractivity contribution < 1.29 is 14.3 Å². The largest absolute Gasteiger partial charge is 0.465 e.